The standard InChI is InChI=1S/C24H28IP/c1-18-16-19(2)23(20(3)17-18)26(4,5,25)24(21-12-8-6-9-13-21)22-14-10-7-11-15-22/h6-17,24H,1-5H3. The maximum absolute atomic E-state index is 2.84. The van der Waals surface area contributed by atoms with Gasteiger partial charge in [0, 0.05) is 0 Å². The monoisotopic (exact) mass is 474 g/mol. The molecule has 0 saturated carbocycles. The summed E-state index contributed by atoms with van der Waals surface area (Å²) < 4.78 is -2.33. The van der Waals surface area contributed by atoms with Crippen LogP contribution in [0.25, 0.3) is 0 Å². The van der Waals surface area contributed by atoms with Crippen LogP contribution in [-0.2, 0) is 0 Å². The number of rotatable bonds is 4. The van der Waals surface area contributed by atoms with Gasteiger partial charge in [0.05, 0.1) is 0 Å². The van der Waals surface area contributed by atoms with Crippen molar-refractivity contribution in [1.82, 2.24) is 0 Å². The van der Waals surface area contributed by atoms with Crippen molar-refractivity contribution in [3.8, 4) is 0 Å². The van der Waals surface area contributed by atoms with E-state index in [0.717, 1.165) is 0 Å². The van der Waals surface area contributed by atoms with Crippen molar-refractivity contribution < 1.29 is 0 Å². The molecular formula is C24H28IP. The Hall–Kier alpha value is -1.18. The third-order valence-corrected chi connectivity index (χ3v) is 12.5. The molecule has 0 aromatic heterocycles. The molecule has 0 bridgehead atoms. The molecule has 3 rings (SSSR count). The Labute approximate surface area is 171 Å². The van der Waals surface area contributed by atoms with E-state index in [2.05, 4.69) is 129 Å². The number of benzene rings is 3. The van der Waals surface area contributed by atoms with E-state index in [1.165, 1.54) is 27.8 Å². The first-order chi connectivity index (χ1) is 12.2. The summed E-state index contributed by atoms with van der Waals surface area (Å²) in [6.45, 7) is 11.8. The molecule has 136 valence electrons. The fraction of sp³-hybridized carbons (Fsp3) is 0.250. The van der Waals surface area contributed by atoms with E-state index in [9.17, 15) is 0 Å². The van der Waals surface area contributed by atoms with Gasteiger partial charge in [0.15, 0.2) is 0 Å². The minimum absolute atomic E-state index is 0.379. The van der Waals surface area contributed by atoms with Gasteiger partial charge in [0.2, 0.25) is 0 Å². The molecule has 0 aliphatic heterocycles. The summed E-state index contributed by atoms with van der Waals surface area (Å²) in [5.74, 6) is 0. The summed E-state index contributed by atoms with van der Waals surface area (Å²) in [4.78, 5) is 0. The first-order valence-electron chi connectivity index (χ1n) is 9.10. The van der Waals surface area contributed by atoms with Crippen LogP contribution in [0.5, 0.6) is 0 Å². The van der Waals surface area contributed by atoms with Crippen LogP contribution >= 0.6 is 26.3 Å². The predicted octanol–water partition coefficient (Wildman–Crippen LogP) is 7.19. The first-order valence-corrected chi connectivity index (χ1v) is 15.1. The molecule has 0 aliphatic rings. The number of hydrogen-bond donors (Lipinski definition) is 0. The first kappa shape index (κ1) is 19.6. The van der Waals surface area contributed by atoms with Gasteiger partial charge >= 0.3 is 172 Å². The van der Waals surface area contributed by atoms with Crippen LogP contribution in [0.15, 0.2) is 72.8 Å². The second-order valence-electron chi connectivity index (χ2n) is 8.03. The van der Waals surface area contributed by atoms with Crippen molar-refractivity contribution in [2.45, 2.75) is 26.4 Å². The second kappa shape index (κ2) is 7.09. The zero-order chi connectivity index (χ0) is 19.0. The normalized spacial score (nSPS) is 13.4. The maximum atomic E-state index is 2.84. The molecule has 2 heteroatoms. The summed E-state index contributed by atoms with van der Waals surface area (Å²) in [5.41, 5.74) is 7.41. The molecule has 0 heterocycles. The SMILES string of the molecule is Cc1cc(C)c(P(C)(C)(I)C(c2ccccc2)c2ccccc2)c(C)c1. The second-order valence-corrected chi connectivity index (χ2v) is 22.0. The molecule has 0 nitrogen and oxygen atoms in total. The van der Waals surface area contributed by atoms with Gasteiger partial charge in [-0.05, 0) is 0 Å². The fourth-order valence-corrected chi connectivity index (χ4v) is 13.4. The van der Waals surface area contributed by atoms with Crippen LogP contribution in [-0.4, -0.2) is 13.3 Å². The molecule has 3 aromatic rings. The van der Waals surface area contributed by atoms with Crippen molar-refractivity contribution >= 4 is 31.6 Å². The van der Waals surface area contributed by atoms with Crippen LogP contribution in [0.3, 0.4) is 0 Å². The molecule has 26 heavy (non-hydrogen) atoms. The van der Waals surface area contributed by atoms with Crippen LogP contribution in [0.2, 0.25) is 0 Å². The zero-order valence-electron chi connectivity index (χ0n) is 16.3. The predicted molar refractivity (Wildman–Crippen MR) is 128 cm³/mol. The zero-order valence-corrected chi connectivity index (χ0v) is 19.4. The van der Waals surface area contributed by atoms with E-state index >= 15 is 0 Å². The summed E-state index contributed by atoms with van der Waals surface area (Å²) in [6.07, 6.45) is 0. The van der Waals surface area contributed by atoms with Crippen LogP contribution in [0, 0.1) is 20.8 Å². The Morgan fingerprint density at radius 1 is 0.692 bits per heavy atom. The van der Waals surface area contributed by atoms with E-state index in [1.807, 2.05) is 0 Å². The van der Waals surface area contributed by atoms with E-state index in [1.54, 1.807) is 5.30 Å². The van der Waals surface area contributed by atoms with Gasteiger partial charge in [-0.2, -0.15) is 0 Å². The van der Waals surface area contributed by atoms with Gasteiger partial charge in [-0.1, -0.05) is 0 Å². The van der Waals surface area contributed by atoms with Gasteiger partial charge < -0.3 is 0 Å². The van der Waals surface area contributed by atoms with E-state index in [-0.39, 0.29) is 0 Å². The summed E-state index contributed by atoms with van der Waals surface area (Å²) in [5, 5.41) is 1.57. The van der Waals surface area contributed by atoms with Gasteiger partial charge in [-0.15, -0.1) is 0 Å². The van der Waals surface area contributed by atoms with Crippen molar-refractivity contribution in [3.63, 3.8) is 0 Å². The van der Waals surface area contributed by atoms with Gasteiger partial charge in [0.25, 0.3) is 0 Å². The average Bonchev–Trinajstić information content (AvgIpc) is 2.54. The van der Waals surface area contributed by atoms with Gasteiger partial charge in [-0.3, -0.25) is 0 Å². The molecule has 0 atom stereocenters. The molecule has 0 radical (unpaired) electrons. The molecule has 0 fully saturated rings. The van der Waals surface area contributed by atoms with Gasteiger partial charge in [-0.25, -0.2) is 0 Å². The topological polar surface area (TPSA) is 0 Å². The van der Waals surface area contributed by atoms with Crippen molar-refractivity contribution in [2.75, 3.05) is 13.3 Å². The Morgan fingerprint density at radius 2 is 1.08 bits per heavy atom. The number of hydrogen-bond acceptors (Lipinski definition) is 0. The summed E-state index contributed by atoms with van der Waals surface area (Å²) >= 11 is 2.84. The molecule has 0 aliphatic carbocycles. The quantitative estimate of drug-likeness (QED) is 0.277. The number of halogens is 1. The van der Waals surface area contributed by atoms with Crippen LogP contribution in [0.1, 0.15) is 33.5 Å². The summed E-state index contributed by atoms with van der Waals surface area (Å²) in [7, 11) is 0. The van der Waals surface area contributed by atoms with E-state index in [0.29, 0.717) is 5.66 Å². The average molecular weight is 474 g/mol. The van der Waals surface area contributed by atoms with E-state index in [4.69, 9.17) is 0 Å². The minimum atomic E-state index is -2.33. The molecule has 0 saturated heterocycles. The van der Waals surface area contributed by atoms with Crippen LogP contribution < -0.4 is 5.30 Å². The molecule has 0 unspecified atom stereocenters. The Bertz CT molecular complexity index is 843. The van der Waals surface area contributed by atoms with Crippen molar-refractivity contribution in [1.29, 1.82) is 0 Å². The Morgan fingerprint density at radius 3 is 1.46 bits per heavy atom. The van der Waals surface area contributed by atoms with Crippen molar-refractivity contribution in [2.24, 2.45) is 0 Å². The molecular weight excluding hydrogens is 446 g/mol. The Kier molecular flexibility index (Phi) is 5.34. The molecule has 0 spiro atoms. The van der Waals surface area contributed by atoms with E-state index < -0.39 is 4.25 Å². The molecule has 0 amide bonds. The number of aryl methyl sites for hydroxylation is 3. The fourth-order valence-electron chi connectivity index (χ4n) is 4.67. The molecule has 3 aromatic carbocycles. The molecule has 0 N–H and O–H groups in total. The van der Waals surface area contributed by atoms with Gasteiger partial charge in [0.1, 0.15) is 0 Å². The Balaban J connectivity index is 2.32. The van der Waals surface area contributed by atoms with Crippen LogP contribution in [0.4, 0.5) is 0 Å². The third-order valence-electron chi connectivity index (χ3n) is 5.27. The van der Waals surface area contributed by atoms with Crippen molar-refractivity contribution in [3.05, 3.63) is 101 Å². The third kappa shape index (κ3) is 3.62. The summed E-state index contributed by atoms with van der Waals surface area (Å²) in [6, 6.07) is 26.8.